The summed E-state index contributed by atoms with van der Waals surface area (Å²) < 4.78 is 4.14. The van der Waals surface area contributed by atoms with Crippen LogP contribution in [-0.2, 0) is 11.3 Å². The summed E-state index contributed by atoms with van der Waals surface area (Å²) in [4.78, 5) is 12.0. The Morgan fingerprint density at radius 1 is 1.11 bits per heavy atom. The van der Waals surface area contributed by atoms with E-state index in [1.54, 1.807) is 0 Å². The van der Waals surface area contributed by atoms with E-state index in [-0.39, 0.29) is 11.7 Å². The molecule has 2 aromatic carbocycles. The van der Waals surface area contributed by atoms with Gasteiger partial charge in [0.05, 0.1) is 0 Å². The van der Waals surface area contributed by atoms with Crippen molar-refractivity contribution in [3.8, 4) is 0 Å². The predicted molar refractivity (Wildman–Crippen MR) is 117 cm³/mol. The molecule has 0 aliphatic rings. The Hall–Kier alpha value is -1.25. The molecule has 1 atom stereocenters. The summed E-state index contributed by atoms with van der Waals surface area (Å²) in [5.74, 6) is 0. The van der Waals surface area contributed by atoms with E-state index in [0.717, 1.165) is 15.7 Å². The monoisotopic (exact) mass is 509 g/mol. The first-order valence-corrected chi connectivity index (χ1v) is 9.94. The van der Waals surface area contributed by atoms with Crippen molar-refractivity contribution in [1.82, 2.24) is 10.6 Å². The van der Waals surface area contributed by atoms with E-state index >= 15 is 0 Å². The molecule has 0 aliphatic carbocycles. The number of alkyl carbamates (subject to hydrolysis) is 1. The van der Waals surface area contributed by atoms with Crippen LogP contribution in [0.2, 0.25) is 0 Å². The van der Waals surface area contributed by atoms with Crippen molar-refractivity contribution in [2.75, 3.05) is 5.32 Å². The average molecular weight is 512 g/mol. The molecule has 0 saturated heterocycles. The number of halogens is 4. The van der Waals surface area contributed by atoms with Crippen LogP contribution in [0.1, 0.15) is 5.56 Å². The van der Waals surface area contributed by atoms with Crippen LogP contribution >= 0.6 is 63.0 Å². The third kappa shape index (κ3) is 8.11. The lowest BCUT2D eigenvalue weighted by Crippen LogP contribution is -2.56. The molecule has 0 spiro atoms. The van der Waals surface area contributed by atoms with Crippen molar-refractivity contribution in [3.63, 3.8) is 0 Å². The molecule has 0 unspecified atom stereocenters. The zero-order valence-corrected chi connectivity index (χ0v) is 18.4. The number of hydrogen-bond donors (Lipinski definition) is 3. The number of ether oxygens (including phenoxy) is 1. The Kier molecular flexibility index (Phi) is 8.44. The standard InChI is InChI=1S/C17H15BrCl3N3O2S/c18-12-7-4-8-13(9-12)22-15(27)23-14(17(19,20)21)24-16(25)26-10-11-5-2-1-3-6-11/h1-9,14H,10H2,(H,24,25)(H2,22,23,27)/t14-/m1/s1. The molecule has 5 nitrogen and oxygen atoms in total. The predicted octanol–water partition coefficient (Wildman–Crippen LogP) is 5.36. The summed E-state index contributed by atoms with van der Waals surface area (Å²) in [6, 6.07) is 16.5. The summed E-state index contributed by atoms with van der Waals surface area (Å²) in [6.45, 7) is 0.0833. The third-order valence-electron chi connectivity index (χ3n) is 3.16. The first-order chi connectivity index (χ1) is 12.7. The maximum atomic E-state index is 12.0. The van der Waals surface area contributed by atoms with Gasteiger partial charge in [-0.25, -0.2) is 4.79 Å². The van der Waals surface area contributed by atoms with Crippen LogP contribution < -0.4 is 16.0 Å². The van der Waals surface area contributed by atoms with Crippen molar-refractivity contribution in [1.29, 1.82) is 0 Å². The van der Waals surface area contributed by atoms with E-state index in [9.17, 15) is 4.79 Å². The lowest BCUT2D eigenvalue weighted by Gasteiger charge is -2.27. The van der Waals surface area contributed by atoms with Gasteiger partial charge in [0.25, 0.3) is 0 Å². The van der Waals surface area contributed by atoms with Gasteiger partial charge in [0.15, 0.2) is 11.3 Å². The van der Waals surface area contributed by atoms with Gasteiger partial charge in [0.2, 0.25) is 3.79 Å². The number of alkyl halides is 3. The van der Waals surface area contributed by atoms with Gasteiger partial charge in [0, 0.05) is 10.2 Å². The number of rotatable bonds is 5. The number of carbonyl (C=O) groups is 1. The summed E-state index contributed by atoms with van der Waals surface area (Å²) in [7, 11) is 0. The molecule has 2 aromatic rings. The lowest BCUT2D eigenvalue weighted by atomic mass is 10.2. The van der Waals surface area contributed by atoms with Crippen LogP contribution in [0, 0.1) is 0 Å². The highest BCUT2D eigenvalue weighted by Gasteiger charge is 2.35. The van der Waals surface area contributed by atoms with Crippen molar-refractivity contribution >= 4 is 79.8 Å². The summed E-state index contributed by atoms with van der Waals surface area (Å²) in [5, 5.41) is 8.30. The highest BCUT2D eigenvalue weighted by molar-refractivity contribution is 9.10. The number of nitrogens with one attached hydrogen (secondary N) is 3. The van der Waals surface area contributed by atoms with Gasteiger partial charge in [-0.05, 0) is 36.0 Å². The van der Waals surface area contributed by atoms with E-state index in [1.807, 2.05) is 54.6 Å². The number of anilines is 1. The van der Waals surface area contributed by atoms with E-state index in [2.05, 4.69) is 31.9 Å². The molecule has 0 bridgehead atoms. The minimum atomic E-state index is -1.87. The first-order valence-electron chi connectivity index (χ1n) is 7.61. The first kappa shape index (κ1) is 22.0. The van der Waals surface area contributed by atoms with E-state index in [4.69, 9.17) is 51.8 Å². The van der Waals surface area contributed by atoms with E-state index in [1.165, 1.54) is 0 Å². The van der Waals surface area contributed by atoms with Gasteiger partial charge in [0.1, 0.15) is 6.61 Å². The second-order valence-corrected chi connectivity index (χ2v) is 8.98. The van der Waals surface area contributed by atoms with Crippen LogP contribution in [0.3, 0.4) is 0 Å². The average Bonchev–Trinajstić information content (AvgIpc) is 2.59. The van der Waals surface area contributed by atoms with E-state index < -0.39 is 16.1 Å². The van der Waals surface area contributed by atoms with Crippen molar-refractivity contribution in [2.45, 2.75) is 16.6 Å². The molecule has 0 saturated carbocycles. The molecule has 0 fully saturated rings. The summed E-state index contributed by atoms with van der Waals surface area (Å²) in [5.41, 5.74) is 1.55. The highest BCUT2D eigenvalue weighted by atomic mass is 79.9. The Bertz CT molecular complexity index is 790. The zero-order chi connectivity index (χ0) is 19.9. The molecule has 27 heavy (non-hydrogen) atoms. The quantitative estimate of drug-likeness (QED) is 0.287. The molecular formula is C17H15BrCl3N3O2S. The molecule has 3 N–H and O–H groups in total. The highest BCUT2D eigenvalue weighted by Crippen LogP contribution is 2.29. The Labute approximate surface area is 185 Å². The normalized spacial score (nSPS) is 12.0. The second kappa shape index (κ2) is 10.3. The van der Waals surface area contributed by atoms with Crippen molar-refractivity contribution in [2.24, 2.45) is 0 Å². The van der Waals surface area contributed by atoms with Crippen LogP contribution in [0.25, 0.3) is 0 Å². The fourth-order valence-corrected chi connectivity index (χ4v) is 2.91. The zero-order valence-electron chi connectivity index (χ0n) is 13.7. The Morgan fingerprint density at radius 2 is 1.81 bits per heavy atom. The second-order valence-electron chi connectivity index (χ2n) is 5.29. The fourth-order valence-electron chi connectivity index (χ4n) is 1.95. The van der Waals surface area contributed by atoms with E-state index in [0.29, 0.717) is 0 Å². The van der Waals surface area contributed by atoms with Crippen LogP contribution in [0.15, 0.2) is 59.1 Å². The fraction of sp³-hybridized carbons (Fsp3) is 0.176. The van der Waals surface area contributed by atoms with Gasteiger partial charge in [-0.2, -0.15) is 0 Å². The number of thiocarbonyl (C=S) groups is 1. The molecule has 2 rings (SSSR count). The molecule has 1 amide bonds. The molecule has 10 heteroatoms. The smallest absolute Gasteiger partial charge is 0.409 e. The Balaban J connectivity index is 1.92. The molecule has 144 valence electrons. The molecule has 0 heterocycles. The van der Waals surface area contributed by atoms with Crippen molar-refractivity contribution < 1.29 is 9.53 Å². The molecule has 0 radical (unpaired) electrons. The number of hydrogen-bond acceptors (Lipinski definition) is 3. The van der Waals surface area contributed by atoms with Gasteiger partial charge in [-0.15, -0.1) is 0 Å². The van der Waals surface area contributed by atoms with Gasteiger partial charge in [-0.1, -0.05) is 87.1 Å². The van der Waals surface area contributed by atoms with Crippen LogP contribution in [0.4, 0.5) is 10.5 Å². The molecular weight excluding hydrogens is 497 g/mol. The van der Waals surface area contributed by atoms with Crippen LogP contribution in [-0.4, -0.2) is 21.2 Å². The number of benzene rings is 2. The van der Waals surface area contributed by atoms with Gasteiger partial charge in [-0.3, -0.25) is 5.32 Å². The molecule has 0 aromatic heterocycles. The third-order valence-corrected chi connectivity index (χ3v) is 4.53. The number of amides is 1. The summed E-state index contributed by atoms with van der Waals surface area (Å²) in [6.07, 6.45) is -1.87. The topological polar surface area (TPSA) is 62.4 Å². The molecule has 0 aliphatic heterocycles. The largest absolute Gasteiger partial charge is 0.445 e. The minimum Gasteiger partial charge on any atom is -0.445 e. The van der Waals surface area contributed by atoms with Gasteiger partial charge < -0.3 is 15.4 Å². The van der Waals surface area contributed by atoms with Crippen molar-refractivity contribution in [3.05, 3.63) is 64.6 Å². The maximum Gasteiger partial charge on any atom is 0.409 e. The summed E-state index contributed by atoms with van der Waals surface area (Å²) >= 11 is 26.4. The van der Waals surface area contributed by atoms with Crippen LogP contribution in [0.5, 0.6) is 0 Å². The minimum absolute atomic E-state index is 0.0833. The SMILES string of the molecule is O=C(N[C@@H](NC(=S)Nc1cccc(Br)c1)C(Cl)(Cl)Cl)OCc1ccccc1. The number of carbonyl (C=O) groups excluding carboxylic acids is 1. The van der Waals surface area contributed by atoms with Gasteiger partial charge >= 0.3 is 6.09 Å². The Morgan fingerprint density at radius 3 is 2.44 bits per heavy atom. The lowest BCUT2D eigenvalue weighted by molar-refractivity contribution is 0.135. The maximum absolute atomic E-state index is 12.0.